The predicted octanol–water partition coefficient (Wildman–Crippen LogP) is 1.86. The average molecular weight is 437 g/mol. The van der Waals surface area contributed by atoms with Crippen LogP contribution >= 0.6 is 0 Å². The van der Waals surface area contributed by atoms with Crippen LogP contribution in [0, 0.1) is 0 Å². The number of hydrogen-bond donors (Lipinski definition) is 3. The molecule has 10 nitrogen and oxygen atoms in total. The third kappa shape index (κ3) is 5.03. The number of fused-ring (bicyclic) bond motifs is 2. The highest BCUT2D eigenvalue weighted by atomic mass is 16.6. The summed E-state index contributed by atoms with van der Waals surface area (Å²) in [6, 6.07) is 11.4. The summed E-state index contributed by atoms with van der Waals surface area (Å²) >= 11 is 0. The molecule has 0 spiro atoms. The van der Waals surface area contributed by atoms with Crippen LogP contribution in [-0.4, -0.2) is 53.1 Å². The maximum absolute atomic E-state index is 12.4. The first-order chi connectivity index (χ1) is 15.5. The van der Waals surface area contributed by atoms with Crippen molar-refractivity contribution < 1.29 is 19.1 Å². The van der Waals surface area contributed by atoms with Crippen molar-refractivity contribution in [3.63, 3.8) is 0 Å². The molecule has 0 saturated heterocycles. The largest absolute Gasteiger partial charge is 0.486 e. The van der Waals surface area contributed by atoms with E-state index in [1.807, 2.05) is 13.0 Å². The van der Waals surface area contributed by atoms with Crippen LogP contribution in [0.1, 0.15) is 12.7 Å². The average Bonchev–Trinajstić information content (AvgIpc) is 2.78. The molecule has 0 fully saturated rings. The maximum Gasteiger partial charge on any atom is 0.325 e. The number of aromatic nitrogens is 2. The first kappa shape index (κ1) is 21.3. The summed E-state index contributed by atoms with van der Waals surface area (Å²) < 4.78 is 10.9. The van der Waals surface area contributed by atoms with Crippen LogP contribution in [0.15, 0.2) is 47.3 Å². The second-order valence-electron chi connectivity index (χ2n) is 7.19. The van der Waals surface area contributed by atoms with E-state index in [0.717, 1.165) is 0 Å². The number of aromatic amines is 1. The third-order valence-electron chi connectivity index (χ3n) is 4.90. The van der Waals surface area contributed by atoms with Gasteiger partial charge in [0.25, 0.3) is 5.56 Å². The fourth-order valence-electron chi connectivity index (χ4n) is 3.35. The number of rotatable bonds is 6. The number of urea groups is 1. The number of nitrogens with zero attached hydrogens (tertiary/aromatic N) is 2. The number of amides is 3. The van der Waals surface area contributed by atoms with Gasteiger partial charge in [0.15, 0.2) is 11.5 Å². The fraction of sp³-hybridized carbons (Fsp3) is 0.273. The Morgan fingerprint density at radius 3 is 2.72 bits per heavy atom. The van der Waals surface area contributed by atoms with E-state index in [4.69, 9.17) is 9.47 Å². The summed E-state index contributed by atoms with van der Waals surface area (Å²) in [6.07, 6.45) is 0. The van der Waals surface area contributed by atoms with Gasteiger partial charge in [0.1, 0.15) is 19.0 Å². The molecule has 0 bridgehead atoms. The lowest BCUT2D eigenvalue weighted by Crippen LogP contribution is -2.42. The molecule has 1 aliphatic heterocycles. The van der Waals surface area contributed by atoms with Crippen molar-refractivity contribution in [3.05, 3.63) is 58.6 Å². The smallest absolute Gasteiger partial charge is 0.325 e. The van der Waals surface area contributed by atoms with Gasteiger partial charge in [0.2, 0.25) is 5.91 Å². The van der Waals surface area contributed by atoms with E-state index < -0.39 is 11.9 Å². The molecule has 2 heterocycles. The summed E-state index contributed by atoms with van der Waals surface area (Å²) in [5, 5.41) is 5.42. The van der Waals surface area contributed by atoms with Crippen molar-refractivity contribution >= 4 is 28.5 Å². The van der Waals surface area contributed by atoms with Crippen LogP contribution < -0.4 is 25.7 Å². The minimum atomic E-state index is -0.653. The number of imide groups is 1. The predicted molar refractivity (Wildman–Crippen MR) is 118 cm³/mol. The number of H-pyrrole nitrogens is 1. The number of ether oxygens (including phenoxy) is 2. The van der Waals surface area contributed by atoms with Crippen molar-refractivity contribution in [2.24, 2.45) is 0 Å². The topological polar surface area (TPSA) is 126 Å². The molecule has 0 saturated carbocycles. The van der Waals surface area contributed by atoms with Gasteiger partial charge in [-0.2, -0.15) is 0 Å². The van der Waals surface area contributed by atoms with Gasteiger partial charge < -0.3 is 19.8 Å². The van der Waals surface area contributed by atoms with Crippen LogP contribution in [-0.2, 0) is 11.3 Å². The van der Waals surface area contributed by atoms with E-state index in [1.54, 1.807) is 41.3 Å². The lowest BCUT2D eigenvalue weighted by atomic mass is 10.2. The number of anilines is 1. The van der Waals surface area contributed by atoms with Gasteiger partial charge in [0, 0.05) is 11.8 Å². The van der Waals surface area contributed by atoms with E-state index in [1.165, 1.54) is 0 Å². The standard InChI is InChI=1S/C22H23N5O5/c1-2-27(12-19-24-16-6-4-3-5-15(16)21(29)25-19)13-20(28)26-22(30)23-14-7-8-17-18(11-14)32-10-9-31-17/h3-8,11H,2,9-10,12-13H2,1H3,(H,24,25,29)(H2,23,26,28,30). The molecule has 0 atom stereocenters. The quantitative estimate of drug-likeness (QED) is 0.537. The Morgan fingerprint density at radius 2 is 1.91 bits per heavy atom. The Balaban J connectivity index is 1.34. The van der Waals surface area contributed by atoms with E-state index in [-0.39, 0.29) is 18.6 Å². The van der Waals surface area contributed by atoms with Crippen LogP contribution in [0.4, 0.5) is 10.5 Å². The van der Waals surface area contributed by atoms with Crippen molar-refractivity contribution in [1.82, 2.24) is 20.2 Å². The summed E-state index contributed by atoms with van der Waals surface area (Å²) in [5.74, 6) is 1.11. The van der Waals surface area contributed by atoms with Crippen LogP contribution in [0.25, 0.3) is 10.9 Å². The van der Waals surface area contributed by atoms with Crippen molar-refractivity contribution in [1.29, 1.82) is 0 Å². The number of hydrogen-bond acceptors (Lipinski definition) is 7. The number of benzene rings is 2. The zero-order valence-corrected chi connectivity index (χ0v) is 17.5. The van der Waals surface area contributed by atoms with E-state index in [0.29, 0.717) is 53.7 Å². The second-order valence-corrected chi connectivity index (χ2v) is 7.19. The van der Waals surface area contributed by atoms with Gasteiger partial charge in [-0.25, -0.2) is 9.78 Å². The molecule has 166 valence electrons. The highest BCUT2D eigenvalue weighted by Gasteiger charge is 2.16. The third-order valence-corrected chi connectivity index (χ3v) is 4.90. The highest BCUT2D eigenvalue weighted by molar-refractivity contribution is 6.01. The Labute approximate surface area is 183 Å². The van der Waals surface area contributed by atoms with E-state index in [2.05, 4.69) is 20.6 Å². The van der Waals surface area contributed by atoms with Gasteiger partial charge >= 0.3 is 6.03 Å². The van der Waals surface area contributed by atoms with E-state index >= 15 is 0 Å². The second kappa shape index (κ2) is 9.48. The van der Waals surface area contributed by atoms with Gasteiger partial charge in [-0.05, 0) is 30.8 Å². The van der Waals surface area contributed by atoms with Crippen molar-refractivity contribution in [3.8, 4) is 11.5 Å². The number of nitrogens with one attached hydrogen (secondary N) is 3. The summed E-state index contributed by atoms with van der Waals surface area (Å²) in [7, 11) is 0. The maximum atomic E-state index is 12.4. The van der Waals surface area contributed by atoms with Crippen molar-refractivity contribution in [2.45, 2.75) is 13.5 Å². The monoisotopic (exact) mass is 437 g/mol. The molecule has 3 N–H and O–H groups in total. The molecule has 0 aliphatic carbocycles. The zero-order chi connectivity index (χ0) is 22.5. The fourth-order valence-corrected chi connectivity index (χ4v) is 3.35. The molecule has 3 aromatic rings. The Hall–Kier alpha value is -3.92. The molecule has 32 heavy (non-hydrogen) atoms. The Kier molecular flexibility index (Phi) is 6.31. The number of likely N-dealkylation sites (N-methyl/N-ethyl adjacent to an activating group) is 1. The van der Waals surface area contributed by atoms with Crippen LogP contribution in [0.3, 0.4) is 0 Å². The normalized spacial score (nSPS) is 12.6. The minimum Gasteiger partial charge on any atom is -0.486 e. The molecule has 1 aromatic heterocycles. The SMILES string of the molecule is CCN(CC(=O)NC(=O)Nc1ccc2c(c1)OCCO2)Cc1nc2ccccc2c(=O)[nH]1. The lowest BCUT2D eigenvalue weighted by Gasteiger charge is -2.20. The molecule has 0 unspecified atom stereocenters. The Morgan fingerprint density at radius 1 is 1.12 bits per heavy atom. The summed E-state index contributed by atoms with van der Waals surface area (Å²) in [4.78, 5) is 45.8. The first-order valence-electron chi connectivity index (χ1n) is 10.2. The molecule has 1 aliphatic rings. The number of carbonyl (C=O) groups excluding carboxylic acids is 2. The molecule has 4 rings (SSSR count). The van der Waals surface area contributed by atoms with E-state index in [9.17, 15) is 14.4 Å². The summed E-state index contributed by atoms with van der Waals surface area (Å²) in [5.41, 5.74) is 0.834. The number of para-hydroxylation sites is 1. The Bertz CT molecular complexity index is 1210. The summed E-state index contributed by atoms with van der Waals surface area (Å²) in [6.45, 7) is 3.53. The van der Waals surface area contributed by atoms with Crippen LogP contribution in [0.5, 0.6) is 11.5 Å². The number of carbonyl (C=O) groups is 2. The van der Waals surface area contributed by atoms with Gasteiger partial charge in [-0.1, -0.05) is 19.1 Å². The highest BCUT2D eigenvalue weighted by Crippen LogP contribution is 2.32. The van der Waals surface area contributed by atoms with Gasteiger partial charge in [-0.3, -0.25) is 19.8 Å². The molecular formula is C22H23N5O5. The zero-order valence-electron chi connectivity index (χ0n) is 17.5. The minimum absolute atomic E-state index is 0.0401. The molecule has 0 radical (unpaired) electrons. The van der Waals surface area contributed by atoms with Crippen LogP contribution in [0.2, 0.25) is 0 Å². The molecule has 3 amide bonds. The van der Waals surface area contributed by atoms with Gasteiger partial charge in [-0.15, -0.1) is 0 Å². The lowest BCUT2D eigenvalue weighted by molar-refractivity contribution is -0.121. The van der Waals surface area contributed by atoms with Gasteiger partial charge in [0.05, 0.1) is 24.0 Å². The molecular weight excluding hydrogens is 414 g/mol. The molecule has 10 heteroatoms. The molecule has 2 aromatic carbocycles. The van der Waals surface area contributed by atoms with Crippen molar-refractivity contribution in [2.75, 3.05) is 31.6 Å². The first-order valence-corrected chi connectivity index (χ1v) is 10.2.